The Morgan fingerprint density at radius 2 is 1.34 bits per heavy atom. The normalized spacial score (nSPS) is 12.1. The van der Waals surface area contributed by atoms with Crippen LogP contribution in [-0.4, -0.2) is 14.3 Å². The van der Waals surface area contributed by atoms with Gasteiger partial charge in [0, 0.05) is 51.3 Å². The SMILES string of the molecule is Fc1cc(F)c(Cn2nc3c(C(F)(F)F)cccc3c2-c2ccc3c(ccn3Cc3c(F)cccc3F)c2)c(F)c1. The van der Waals surface area contributed by atoms with Gasteiger partial charge in [-0.1, -0.05) is 24.3 Å². The van der Waals surface area contributed by atoms with Crippen LogP contribution in [0.4, 0.5) is 35.1 Å². The molecule has 208 valence electrons. The topological polar surface area (TPSA) is 22.8 Å². The number of fused-ring (bicyclic) bond motifs is 2. The van der Waals surface area contributed by atoms with Crippen LogP contribution in [0, 0.1) is 29.1 Å². The fourth-order valence-electron chi connectivity index (χ4n) is 5.01. The zero-order valence-corrected chi connectivity index (χ0v) is 20.8. The molecule has 2 aromatic heterocycles. The highest BCUT2D eigenvalue weighted by Gasteiger charge is 2.35. The van der Waals surface area contributed by atoms with Gasteiger partial charge in [0.15, 0.2) is 0 Å². The maximum absolute atomic E-state index is 14.5. The summed E-state index contributed by atoms with van der Waals surface area (Å²) in [5.74, 6) is -4.98. The van der Waals surface area contributed by atoms with Crippen molar-refractivity contribution in [2.75, 3.05) is 0 Å². The van der Waals surface area contributed by atoms with Crippen LogP contribution >= 0.6 is 0 Å². The Hall–Kier alpha value is -4.67. The van der Waals surface area contributed by atoms with Gasteiger partial charge in [-0.2, -0.15) is 18.3 Å². The molecule has 4 aromatic carbocycles. The average Bonchev–Trinajstić information content (AvgIpc) is 3.48. The molecular formula is C30H17F8N3. The highest BCUT2D eigenvalue weighted by Crippen LogP contribution is 2.39. The van der Waals surface area contributed by atoms with Gasteiger partial charge in [0.05, 0.1) is 24.3 Å². The monoisotopic (exact) mass is 571 g/mol. The largest absolute Gasteiger partial charge is 0.418 e. The number of benzene rings is 4. The number of rotatable bonds is 5. The van der Waals surface area contributed by atoms with Gasteiger partial charge in [0.1, 0.15) is 34.6 Å². The zero-order chi connectivity index (χ0) is 29.1. The summed E-state index contributed by atoms with van der Waals surface area (Å²) in [5.41, 5.74) is -1.08. The molecule has 0 aliphatic carbocycles. The molecule has 0 atom stereocenters. The molecule has 0 bridgehead atoms. The van der Waals surface area contributed by atoms with Crippen molar-refractivity contribution in [2.45, 2.75) is 19.3 Å². The van der Waals surface area contributed by atoms with E-state index in [0.717, 1.165) is 22.9 Å². The molecule has 0 aliphatic rings. The lowest BCUT2D eigenvalue weighted by molar-refractivity contribution is -0.136. The fourth-order valence-corrected chi connectivity index (χ4v) is 5.01. The third-order valence-corrected chi connectivity index (χ3v) is 6.92. The summed E-state index contributed by atoms with van der Waals surface area (Å²) in [6, 6.07) is 14.5. The number of halogens is 8. The molecule has 41 heavy (non-hydrogen) atoms. The lowest BCUT2D eigenvalue weighted by Crippen LogP contribution is -2.09. The molecule has 0 saturated carbocycles. The van der Waals surface area contributed by atoms with E-state index >= 15 is 0 Å². The van der Waals surface area contributed by atoms with E-state index in [9.17, 15) is 35.1 Å². The third kappa shape index (κ3) is 4.71. The predicted octanol–water partition coefficient (Wildman–Crippen LogP) is 8.47. The Morgan fingerprint density at radius 1 is 0.683 bits per heavy atom. The van der Waals surface area contributed by atoms with E-state index in [1.54, 1.807) is 35.0 Å². The average molecular weight is 571 g/mol. The number of alkyl halides is 3. The molecule has 2 heterocycles. The van der Waals surface area contributed by atoms with Crippen molar-refractivity contribution in [3.63, 3.8) is 0 Å². The molecular weight excluding hydrogens is 554 g/mol. The first-order chi connectivity index (χ1) is 19.5. The van der Waals surface area contributed by atoms with E-state index in [2.05, 4.69) is 5.10 Å². The minimum atomic E-state index is -4.76. The lowest BCUT2D eigenvalue weighted by atomic mass is 10.0. The first-order valence-electron chi connectivity index (χ1n) is 12.2. The molecule has 0 radical (unpaired) electrons. The molecule has 0 aliphatic heterocycles. The van der Waals surface area contributed by atoms with Gasteiger partial charge >= 0.3 is 6.18 Å². The van der Waals surface area contributed by atoms with E-state index in [-0.39, 0.29) is 23.2 Å². The van der Waals surface area contributed by atoms with Crippen LogP contribution in [0.25, 0.3) is 33.1 Å². The molecule has 0 saturated heterocycles. The van der Waals surface area contributed by atoms with Crippen LogP contribution in [0.3, 0.4) is 0 Å². The number of aromatic nitrogens is 3. The van der Waals surface area contributed by atoms with E-state index < -0.39 is 58.5 Å². The zero-order valence-electron chi connectivity index (χ0n) is 20.8. The van der Waals surface area contributed by atoms with E-state index in [1.165, 1.54) is 18.2 Å². The summed E-state index contributed by atoms with van der Waals surface area (Å²) < 4.78 is 115. The maximum Gasteiger partial charge on any atom is 0.418 e. The van der Waals surface area contributed by atoms with Gasteiger partial charge in [0.25, 0.3) is 0 Å². The van der Waals surface area contributed by atoms with Crippen molar-refractivity contribution >= 4 is 21.8 Å². The van der Waals surface area contributed by atoms with Crippen molar-refractivity contribution in [3.8, 4) is 11.3 Å². The standard InChI is InChI=1S/C30H17F8N3/c31-18-12-25(34)21(26(35)13-18)15-41-29(19-3-1-4-22(28(19)39-41)30(36,37)38)17-7-8-27-16(11-17)9-10-40(27)14-20-23(32)5-2-6-24(20)33/h1-13H,14-15H2. The summed E-state index contributed by atoms with van der Waals surface area (Å²) in [4.78, 5) is 0. The molecule has 0 spiro atoms. The van der Waals surface area contributed by atoms with Crippen LogP contribution in [0.2, 0.25) is 0 Å². The van der Waals surface area contributed by atoms with Crippen LogP contribution in [0.15, 0.2) is 79.0 Å². The van der Waals surface area contributed by atoms with Gasteiger partial charge in [-0.3, -0.25) is 4.68 Å². The summed E-state index contributed by atoms with van der Waals surface area (Å²) >= 11 is 0. The van der Waals surface area contributed by atoms with Crippen LogP contribution in [0.1, 0.15) is 16.7 Å². The Labute approximate surface area is 226 Å². The van der Waals surface area contributed by atoms with E-state index in [4.69, 9.17) is 0 Å². The minimum absolute atomic E-state index is 0.0787. The van der Waals surface area contributed by atoms with Crippen LogP contribution < -0.4 is 0 Å². The fraction of sp³-hybridized carbons (Fsp3) is 0.100. The smallest absolute Gasteiger partial charge is 0.343 e. The lowest BCUT2D eigenvalue weighted by Gasteiger charge is -2.11. The minimum Gasteiger partial charge on any atom is -0.343 e. The van der Waals surface area contributed by atoms with Crippen molar-refractivity contribution in [2.24, 2.45) is 0 Å². The highest BCUT2D eigenvalue weighted by atomic mass is 19.4. The molecule has 0 unspecified atom stereocenters. The molecule has 0 fully saturated rings. The van der Waals surface area contributed by atoms with Crippen molar-refractivity contribution in [1.82, 2.24) is 14.3 Å². The van der Waals surface area contributed by atoms with Gasteiger partial charge in [-0.05, 0) is 36.4 Å². The first-order valence-corrected chi connectivity index (χ1v) is 12.2. The van der Waals surface area contributed by atoms with Crippen molar-refractivity contribution < 1.29 is 35.1 Å². The molecule has 0 amide bonds. The molecule has 6 rings (SSSR count). The molecule has 6 aromatic rings. The molecule has 3 nitrogen and oxygen atoms in total. The Morgan fingerprint density at radius 3 is 2.02 bits per heavy atom. The van der Waals surface area contributed by atoms with Crippen LogP contribution in [-0.2, 0) is 19.3 Å². The van der Waals surface area contributed by atoms with Gasteiger partial charge in [-0.15, -0.1) is 0 Å². The van der Waals surface area contributed by atoms with Crippen molar-refractivity contribution in [3.05, 3.63) is 125 Å². The highest BCUT2D eigenvalue weighted by molar-refractivity contribution is 5.97. The Bertz CT molecular complexity index is 1910. The van der Waals surface area contributed by atoms with Gasteiger partial charge in [-0.25, -0.2) is 22.0 Å². The third-order valence-electron chi connectivity index (χ3n) is 6.92. The Balaban J connectivity index is 1.51. The summed E-state index contributed by atoms with van der Waals surface area (Å²) in [7, 11) is 0. The molecule has 11 heteroatoms. The second-order valence-electron chi connectivity index (χ2n) is 9.47. The second kappa shape index (κ2) is 9.76. The van der Waals surface area contributed by atoms with E-state index in [0.29, 0.717) is 28.6 Å². The molecule has 0 N–H and O–H groups in total. The number of nitrogens with zero attached hydrogens (tertiary/aromatic N) is 3. The second-order valence-corrected chi connectivity index (χ2v) is 9.47. The van der Waals surface area contributed by atoms with E-state index in [1.807, 2.05) is 0 Å². The Kier molecular flexibility index (Phi) is 6.32. The van der Waals surface area contributed by atoms with Gasteiger partial charge in [0.2, 0.25) is 0 Å². The van der Waals surface area contributed by atoms with Crippen molar-refractivity contribution in [1.29, 1.82) is 0 Å². The number of hydrogen-bond donors (Lipinski definition) is 0. The maximum atomic E-state index is 14.5. The summed E-state index contributed by atoms with van der Waals surface area (Å²) in [6.45, 7) is -0.731. The quantitative estimate of drug-likeness (QED) is 0.190. The number of hydrogen-bond acceptors (Lipinski definition) is 1. The summed E-state index contributed by atoms with van der Waals surface area (Å²) in [5, 5.41) is 4.76. The predicted molar refractivity (Wildman–Crippen MR) is 137 cm³/mol. The summed E-state index contributed by atoms with van der Waals surface area (Å²) in [6.07, 6.45) is -3.15. The van der Waals surface area contributed by atoms with Crippen LogP contribution in [0.5, 0.6) is 0 Å². The van der Waals surface area contributed by atoms with Gasteiger partial charge < -0.3 is 4.57 Å². The first kappa shape index (κ1) is 26.5.